The summed E-state index contributed by atoms with van der Waals surface area (Å²) in [6, 6.07) is 16.9. The van der Waals surface area contributed by atoms with Crippen LogP contribution in [0.2, 0.25) is 0 Å². The summed E-state index contributed by atoms with van der Waals surface area (Å²) < 4.78 is 10.7. The molecule has 1 heterocycles. The molecule has 0 radical (unpaired) electrons. The molecule has 3 rings (SSSR count). The molecule has 6 nitrogen and oxygen atoms in total. The molecule has 2 aromatic carbocycles. The van der Waals surface area contributed by atoms with Crippen LogP contribution in [0.5, 0.6) is 0 Å². The molecule has 0 saturated carbocycles. The summed E-state index contributed by atoms with van der Waals surface area (Å²) in [5, 5.41) is 11.6. The Morgan fingerprint density at radius 2 is 1.91 bits per heavy atom. The molecule has 0 aliphatic heterocycles. The lowest BCUT2D eigenvalue weighted by Gasteiger charge is -2.17. The van der Waals surface area contributed by atoms with E-state index in [1.165, 1.54) is 0 Å². The van der Waals surface area contributed by atoms with Gasteiger partial charge in [0.25, 0.3) is 0 Å². The minimum Gasteiger partial charge on any atom is -0.466 e. The number of carbonyl (C=O) groups excluding carboxylic acids is 2. The Hall–Kier alpha value is -3.37. The third-order valence-corrected chi connectivity index (χ3v) is 5.84. The predicted octanol–water partition coefficient (Wildman–Crippen LogP) is 5.04. The lowest BCUT2D eigenvalue weighted by Crippen LogP contribution is -2.21. The Labute approximate surface area is 190 Å². The Balaban J connectivity index is 2.07. The molecule has 0 aliphatic carbocycles. The quantitative estimate of drug-likeness (QED) is 0.444. The zero-order valence-electron chi connectivity index (χ0n) is 17.9. The van der Waals surface area contributed by atoms with Crippen LogP contribution in [0.4, 0.5) is 0 Å². The van der Waals surface area contributed by atoms with Crippen LogP contribution >= 0.6 is 11.8 Å². The number of carbonyl (C=O) groups is 2. The smallest absolute Gasteiger partial charge is 0.354 e. The maximum Gasteiger partial charge on any atom is 0.354 e. The van der Waals surface area contributed by atoms with Crippen molar-refractivity contribution in [3.05, 3.63) is 70.1 Å². The van der Waals surface area contributed by atoms with Crippen LogP contribution in [0.25, 0.3) is 22.1 Å². The Morgan fingerprint density at radius 3 is 2.59 bits per heavy atom. The molecule has 7 heteroatoms. The van der Waals surface area contributed by atoms with E-state index in [0.717, 1.165) is 22.5 Å². The SMILES string of the molecule is CCOC(=O)C(CCCC(=O)SC)c1cc(-c2ccc3ccccc3c2)oc(=O)c1C#N. The van der Waals surface area contributed by atoms with Gasteiger partial charge in [0.1, 0.15) is 17.4 Å². The summed E-state index contributed by atoms with van der Waals surface area (Å²) >= 11 is 1.13. The van der Waals surface area contributed by atoms with Crippen molar-refractivity contribution in [1.82, 2.24) is 0 Å². The minimum atomic E-state index is -0.845. The lowest BCUT2D eigenvalue weighted by molar-refractivity contribution is -0.145. The first-order valence-corrected chi connectivity index (χ1v) is 11.5. The van der Waals surface area contributed by atoms with E-state index in [2.05, 4.69) is 0 Å². The van der Waals surface area contributed by atoms with Crippen LogP contribution in [-0.2, 0) is 14.3 Å². The fourth-order valence-electron chi connectivity index (χ4n) is 3.58. The standard InChI is InChI=1S/C25H23NO5S/c1-3-30-24(28)19(9-6-10-23(27)32-2)20-14-22(31-25(29)21(20)15-26)18-12-11-16-7-4-5-8-17(16)13-18/h4-5,7-8,11-14,19H,3,6,9-10H2,1-2H3. The molecule has 0 spiro atoms. The van der Waals surface area contributed by atoms with E-state index in [4.69, 9.17) is 9.15 Å². The number of nitrogens with zero attached hydrogens (tertiary/aromatic N) is 1. The van der Waals surface area contributed by atoms with Crippen LogP contribution < -0.4 is 5.63 Å². The number of hydrogen-bond acceptors (Lipinski definition) is 7. The molecule has 0 N–H and O–H groups in total. The highest BCUT2D eigenvalue weighted by Gasteiger charge is 2.28. The first-order chi connectivity index (χ1) is 15.5. The minimum absolute atomic E-state index is 0.0116. The fourth-order valence-corrected chi connectivity index (χ4v) is 3.93. The number of rotatable bonds is 8. The van der Waals surface area contributed by atoms with Crippen molar-refractivity contribution in [3.63, 3.8) is 0 Å². The second-order valence-electron chi connectivity index (χ2n) is 7.18. The van der Waals surface area contributed by atoms with Crippen LogP contribution in [0.3, 0.4) is 0 Å². The number of ether oxygens (including phenoxy) is 1. The molecular weight excluding hydrogens is 426 g/mol. The number of fused-ring (bicyclic) bond motifs is 1. The van der Waals surface area contributed by atoms with E-state index < -0.39 is 17.5 Å². The summed E-state index contributed by atoms with van der Waals surface area (Å²) in [6.45, 7) is 1.86. The molecule has 164 valence electrons. The molecule has 0 saturated heterocycles. The van der Waals surface area contributed by atoms with Gasteiger partial charge in [-0.2, -0.15) is 5.26 Å². The Morgan fingerprint density at radius 1 is 1.16 bits per heavy atom. The summed E-state index contributed by atoms with van der Waals surface area (Å²) in [5.41, 5.74) is -0.0971. The molecule has 0 aliphatic rings. The van der Waals surface area contributed by atoms with Crippen molar-refractivity contribution in [3.8, 4) is 17.4 Å². The molecule has 1 aromatic heterocycles. The van der Waals surface area contributed by atoms with Gasteiger partial charge in [-0.25, -0.2) is 4.79 Å². The number of hydrogen-bond donors (Lipinski definition) is 0. The zero-order valence-corrected chi connectivity index (χ0v) is 18.7. The van der Waals surface area contributed by atoms with Crippen LogP contribution in [-0.4, -0.2) is 23.9 Å². The number of nitriles is 1. The van der Waals surface area contributed by atoms with Gasteiger partial charge in [0.15, 0.2) is 5.12 Å². The van der Waals surface area contributed by atoms with Gasteiger partial charge in [-0.05, 0) is 54.5 Å². The fraction of sp³-hybridized carbons (Fsp3) is 0.280. The second-order valence-corrected chi connectivity index (χ2v) is 8.04. The summed E-state index contributed by atoms with van der Waals surface area (Å²) in [4.78, 5) is 37.1. The maximum atomic E-state index is 12.7. The molecule has 0 amide bonds. The molecule has 1 unspecified atom stereocenters. The monoisotopic (exact) mass is 449 g/mol. The lowest BCUT2D eigenvalue weighted by atomic mass is 9.90. The van der Waals surface area contributed by atoms with Crippen LogP contribution in [0.15, 0.2) is 57.7 Å². The maximum absolute atomic E-state index is 12.7. The van der Waals surface area contributed by atoms with Crippen molar-refractivity contribution in [2.45, 2.75) is 32.1 Å². The van der Waals surface area contributed by atoms with Crippen molar-refractivity contribution in [2.24, 2.45) is 0 Å². The molecule has 3 aromatic rings. The number of thioether (sulfide) groups is 1. The van der Waals surface area contributed by atoms with Gasteiger partial charge in [0.2, 0.25) is 0 Å². The number of benzene rings is 2. The van der Waals surface area contributed by atoms with Crippen molar-refractivity contribution in [2.75, 3.05) is 12.9 Å². The predicted molar refractivity (Wildman–Crippen MR) is 124 cm³/mol. The Bertz CT molecular complexity index is 1240. The second kappa shape index (κ2) is 10.8. The van der Waals surface area contributed by atoms with E-state index in [0.29, 0.717) is 12.0 Å². The van der Waals surface area contributed by atoms with E-state index >= 15 is 0 Å². The van der Waals surface area contributed by atoms with Gasteiger partial charge in [0.05, 0.1) is 12.5 Å². The zero-order chi connectivity index (χ0) is 23.1. The molecular formula is C25H23NO5S. The van der Waals surface area contributed by atoms with E-state index in [1.54, 1.807) is 19.2 Å². The summed E-state index contributed by atoms with van der Waals surface area (Å²) in [6.07, 6.45) is 2.70. The van der Waals surface area contributed by atoms with Crippen molar-refractivity contribution >= 4 is 33.6 Å². The first kappa shape index (κ1) is 23.3. The molecule has 0 fully saturated rings. The highest BCUT2D eigenvalue weighted by Crippen LogP contribution is 2.31. The van der Waals surface area contributed by atoms with Crippen LogP contribution in [0.1, 0.15) is 43.2 Å². The van der Waals surface area contributed by atoms with Gasteiger partial charge in [-0.15, -0.1) is 0 Å². The van der Waals surface area contributed by atoms with Gasteiger partial charge < -0.3 is 9.15 Å². The summed E-state index contributed by atoms with van der Waals surface area (Å²) in [7, 11) is 0. The third-order valence-electron chi connectivity index (χ3n) is 5.18. The van der Waals surface area contributed by atoms with Gasteiger partial charge >= 0.3 is 11.6 Å². The van der Waals surface area contributed by atoms with Gasteiger partial charge in [-0.1, -0.05) is 48.2 Å². The average Bonchev–Trinajstić information content (AvgIpc) is 2.81. The highest BCUT2D eigenvalue weighted by atomic mass is 32.2. The first-order valence-electron chi connectivity index (χ1n) is 10.3. The van der Waals surface area contributed by atoms with Gasteiger partial charge in [0, 0.05) is 12.0 Å². The van der Waals surface area contributed by atoms with Crippen molar-refractivity contribution in [1.29, 1.82) is 5.26 Å². The molecule has 0 bridgehead atoms. The summed E-state index contributed by atoms with van der Waals surface area (Å²) in [5.74, 6) is -1.11. The molecule has 32 heavy (non-hydrogen) atoms. The topological polar surface area (TPSA) is 97.4 Å². The molecule has 1 atom stereocenters. The number of esters is 1. The van der Waals surface area contributed by atoms with Gasteiger partial charge in [-0.3, -0.25) is 9.59 Å². The normalized spacial score (nSPS) is 11.7. The third kappa shape index (κ3) is 5.27. The van der Waals surface area contributed by atoms with Crippen molar-refractivity contribution < 1.29 is 18.7 Å². The van der Waals surface area contributed by atoms with Crippen LogP contribution in [0, 0.1) is 11.3 Å². The van der Waals surface area contributed by atoms with E-state index in [-0.39, 0.29) is 41.5 Å². The largest absolute Gasteiger partial charge is 0.466 e. The van der Waals surface area contributed by atoms with E-state index in [9.17, 15) is 19.6 Å². The average molecular weight is 450 g/mol. The highest BCUT2D eigenvalue weighted by molar-refractivity contribution is 8.13. The van der Waals surface area contributed by atoms with E-state index in [1.807, 2.05) is 48.5 Å². The Kier molecular flexibility index (Phi) is 7.85.